The lowest BCUT2D eigenvalue weighted by molar-refractivity contribution is 0.628. The molecule has 0 aliphatic rings. The first-order valence-corrected chi connectivity index (χ1v) is 6.44. The summed E-state index contributed by atoms with van der Waals surface area (Å²) in [5, 5.41) is 17.6. The fourth-order valence-corrected chi connectivity index (χ4v) is 2.14. The summed E-state index contributed by atoms with van der Waals surface area (Å²) in [6.45, 7) is 0. The van der Waals surface area contributed by atoms with Crippen molar-refractivity contribution in [3.05, 3.63) is 65.1 Å². The fourth-order valence-electron chi connectivity index (χ4n) is 2.01. The number of nitriles is 1. The number of halogens is 2. The molecule has 0 N–H and O–H groups in total. The lowest BCUT2D eigenvalue weighted by Crippen LogP contribution is -1.99. The van der Waals surface area contributed by atoms with Gasteiger partial charge in [0.25, 0.3) is 0 Å². The number of nitrogens with zero attached hydrogens (tertiary/aromatic N) is 4. The summed E-state index contributed by atoms with van der Waals surface area (Å²) >= 11 is 5.86. The van der Waals surface area contributed by atoms with Crippen molar-refractivity contribution in [2.75, 3.05) is 0 Å². The van der Waals surface area contributed by atoms with Gasteiger partial charge in [-0.3, -0.25) is 0 Å². The van der Waals surface area contributed by atoms with Crippen molar-refractivity contribution >= 4 is 11.6 Å². The summed E-state index contributed by atoms with van der Waals surface area (Å²) in [7, 11) is 0. The second-order valence-corrected chi connectivity index (χ2v) is 4.73. The van der Waals surface area contributed by atoms with Crippen LogP contribution in [-0.4, -0.2) is 15.0 Å². The molecule has 0 amide bonds. The average Bonchev–Trinajstić information content (AvgIpc) is 2.92. The zero-order valence-corrected chi connectivity index (χ0v) is 11.4. The third-order valence-corrected chi connectivity index (χ3v) is 3.20. The Labute approximate surface area is 125 Å². The van der Waals surface area contributed by atoms with Crippen molar-refractivity contribution in [1.29, 1.82) is 5.26 Å². The van der Waals surface area contributed by atoms with E-state index in [4.69, 9.17) is 11.6 Å². The molecule has 2 aromatic carbocycles. The van der Waals surface area contributed by atoms with E-state index in [0.29, 0.717) is 22.0 Å². The van der Waals surface area contributed by atoms with Crippen LogP contribution in [0.2, 0.25) is 5.02 Å². The van der Waals surface area contributed by atoms with Crippen LogP contribution in [0.3, 0.4) is 0 Å². The van der Waals surface area contributed by atoms with E-state index in [2.05, 4.69) is 10.3 Å². The molecule has 0 aliphatic heterocycles. The first kappa shape index (κ1) is 13.3. The number of hydrogen-bond acceptors (Lipinski definition) is 3. The molecule has 0 fully saturated rings. The Bertz CT molecular complexity index is 834. The van der Waals surface area contributed by atoms with Gasteiger partial charge >= 0.3 is 0 Å². The Morgan fingerprint density at radius 3 is 2.57 bits per heavy atom. The van der Waals surface area contributed by atoms with E-state index < -0.39 is 0 Å². The molecule has 0 aliphatic carbocycles. The van der Waals surface area contributed by atoms with Crippen LogP contribution < -0.4 is 0 Å². The standard InChI is InChI=1S/C15H8ClFN4/c16-11-4-6-13(7-5-11)21-15(14(9-18)19-20-21)10-2-1-3-12(17)8-10/h1-8H. The molecule has 102 valence electrons. The monoisotopic (exact) mass is 298 g/mol. The van der Waals surface area contributed by atoms with Gasteiger partial charge in [-0.1, -0.05) is 28.9 Å². The van der Waals surface area contributed by atoms with E-state index >= 15 is 0 Å². The third-order valence-electron chi connectivity index (χ3n) is 2.95. The molecule has 6 heteroatoms. The van der Waals surface area contributed by atoms with Gasteiger partial charge in [-0.2, -0.15) is 5.26 Å². The Kier molecular flexibility index (Phi) is 3.38. The number of benzene rings is 2. The van der Waals surface area contributed by atoms with E-state index in [-0.39, 0.29) is 11.5 Å². The average molecular weight is 299 g/mol. The molecule has 1 aromatic heterocycles. The van der Waals surface area contributed by atoms with Crippen LogP contribution in [0.25, 0.3) is 16.9 Å². The molecule has 0 atom stereocenters. The highest BCUT2D eigenvalue weighted by Crippen LogP contribution is 2.26. The van der Waals surface area contributed by atoms with Gasteiger partial charge in [-0.25, -0.2) is 9.07 Å². The van der Waals surface area contributed by atoms with Crippen molar-refractivity contribution in [1.82, 2.24) is 15.0 Å². The first-order valence-electron chi connectivity index (χ1n) is 6.07. The number of rotatable bonds is 2. The quantitative estimate of drug-likeness (QED) is 0.726. The van der Waals surface area contributed by atoms with E-state index in [0.717, 1.165) is 0 Å². The summed E-state index contributed by atoms with van der Waals surface area (Å²) in [6.07, 6.45) is 0. The maximum absolute atomic E-state index is 13.4. The van der Waals surface area contributed by atoms with Crippen LogP contribution in [0, 0.1) is 17.1 Å². The molecular formula is C15H8ClFN4. The van der Waals surface area contributed by atoms with Crippen LogP contribution in [0.15, 0.2) is 48.5 Å². The largest absolute Gasteiger partial charge is 0.211 e. The zero-order valence-electron chi connectivity index (χ0n) is 10.7. The lowest BCUT2D eigenvalue weighted by Gasteiger charge is -2.07. The van der Waals surface area contributed by atoms with E-state index in [1.807, 2.05) is 6.07 Å². The van der Waals surface area contributed by atoms with Crippen LogP contribution in [-0.2, 0) is 0 Å². The molecule has 0 saturated carbocycles. The Hall–Kier alpha value is -2.71. The van der Waals surface area contributed by atoms with Crippen molar-refractivity contribution < 1.29 is 4.39 Å². The normalized spacial score (nSPS) is 10.3. The van der Waals surface area contributed by atoms with E-state index in [9.17, 15) is 9.65 Å². The summed E-state index contributed by atoms with van der Waals surface area (Å²) in [5.41, 5.74) is 1.80. The van der Waals surface area contributed by atoms with Gasteiger partial charge in [0.2, 0.25) is 0 Å². The number of aromatic nitrogens is 3. The topological polar surface area (TPSA) is 54.5 Å². The predicted molar refractivity (Wildman–Crippen MR) is 76.5 cm³/mol. The van der Waals surface area contributed by atoms with Crippen LogP contribution >= 0.6 is 11.6 Å². The Morgan fingerprint density at radius 2 is 1.90 bits per heavy atom. The van der Waals surface area contributed by atoms with Gasteiger partial charge in [0.15, 0.2) is 5.69 Å². The molecular weight excluding hydrogens is 291 g/mol. The third kappa shape index (κ3) is 2.49. The maximum atomic E-state index is 13.4. The fraction of sp³-hybridized carbons (Fsp3) is 0. The minimum absolute atomic E-state index is 0.135. The second kappa shape index (κ2) is 5.35. The van der Waals surface area contributed by atoms with Crippen molar-refractivity contribution in [2.24, 2.45) is 0 Å². The van der Waals surface area contributed by atoms with Gasteiger partial charge < -0.3 is 0 Å². The van der Waals surface area contributed by atoms with Crippen LogP contribution in [0.5, 0.6) is 0 Å². The van der Waals surface area contributed by atoms with Crippen molar-refractivity contribution in [2.45, 2.75) is 0 Å². The molecule has 0 saturated heterocycles. The minimum Gasteiger partial charge on any atom is -0.211 e. The van der Waals surface area contributed by atoms with Gasteiger partial charge in [0.1, 0.15) is 17.6 Å². The molecule has 21 heavy (non-hydrogen) atoms. The zero-order chi connectivity index (χ0) is 14.8. The smallest absolute Gasteiger partial charge is 0.191 e. The molecule has 1 heterocycles. The van der Waals surface area contributed by atoms with E-state index in [1.54, 1.807) is 36.4 Å². The van der Waals surface area contributed by atoms with Crippen LogP contribution in [0.4, 0.5) is 4.39 Å². The minimum atomic E-state index is -0.389. The van der Waals surface area contributed by atoms with Gasteiger partial charge in [0, 0.05) is 10.6 Å². The van der Waals surface area contributed by atoms with Gasteiger partial charge in [0.05, 0.1) is 5.69 Å². The van der Waals surface area contributed by atoms with Gasteiger partial charge in [-0.05, 0) is 36.4 Å². The SMILES string of the molecule is N#Cc1nnn(-c2ccc(Cl)cc2)c1-c1cccc(F)c1. The van der Waals surface area contributed by atoms with Gasteiger partial charge in [-0.15, -0.1) is 5.10 Å². The number of hydrogen-bond donors (Lipinski definition) is 0. The highest BCUT2D eigenvalue weighted by molar-refractivity contribution is 6.30. The summed E-state index contributed by atoms with van der Waals surface area (Å²) in [6, 6.07) is 14.8. The van der Waals surface area contributed by atoms with E-state index in [1.165, 1.54) is 16.8 Å². The second-order valence-electron chi connectivity index (χ2n) is 4.30. The Balaban J connectivity index is 2.22. The molecule has 0 unspecified atom stereocenters. The van der Waals surface area contributed by atoms with Crippen molar-refractivity contribution in [3.8, 4) is 23.0 Å². The molecule has 3 aromatic rings. The molecule has 3 rings (SSSR count). The first-order chi connectivity index (χ1) is 10.2. The summed E-state index contributed by atoms with van der Waals surface area (Å²) in [5.74, 6) is -0.389. The summed E-state index contributed by atoms with van der Waals surface area (Å²) < 4.78 is 14.9. The lowest BCUT2D eigenvalue weighted by atomic mass is 10.1. The molecule has 0 radical (unpaired) electrons. The molecule has 0 bridgehead atoms. The molecule has 4 nitrogen and oxygen atoms in total. The predicted octanol–water partition coefficient (Wildman–Crippen LogP) is 3.60. The Morgan fingerprint density at radius 1 is 1.14 bits per heavy atom. The van der Waals surface area contributed by atoms with Crippen LogP contribution in [0.1, 0.15) is 5.69 Å². The summed E-state index contributed by atoms with van der Waals surface area (Å²) in [4.78, 5) is 0. The highest BCUT2D eigenvalue weighted by Gasteiger charge is 2.16. The van der Waals surface area contributed by atoms with Crippen molar-refractivity contribution in [3.63, 3.8) is 0 Å². The highest BCUT2D eigenvalue weighted by atomic mass is 35.5. The maximum Gasteiger partial charge on any atom is 0.191 e. The molecule has 0 spiro atoms.